The molecular weight excluding hydrogens is 240 g/mol. The predicted octanol–water partition coefficient (Wildman–Crippen LogP) is 3.08. The Bertz CT molecular complexity index is 219. The largest absolute Gasteiger partial charge is 0.311 e. The average molecular weight is 273 g/mol. The fourth-order valence-electron chi connectivity index (χ4n) is 2.91. The molecule has 1 aliphatic heterocycles. The summed E-state index contributed by atoms with van der Waals surface area (Å²) in [6.07, 6.45) is 4.85. The molecule has 0 aromatic carbocycles. The van der Waals surface area contributed by atoms with Crippen LogP contribution in [-0.2, 0) is 0 Å². The van der Waals surface area contributed by atoms with Crippen molar-refractivity contribution in [3.63, 3.8) is 0 Å². The first-order valence-electron chi connectivity index (χ1n) is 7.49. The van der Waals surface area contributed by atoms with Crippen LogP contribution < -0.4 is 5.32 Å². The van der Waals surface area contributed by atoms with Crippen LogP contribution in [0, 0.1) is 11.8 Å². The van der Waals surface area contributed by atoms with Crippen molar-refractivity contribution in [1.29, 1.82) is 0 Å². The quantitative estimate of drug-likeness (QED) is 0.767. The van der Waals surface area contributed by atoms with Crippen molar-refractivity contribution < 1.29 is 0 Å². The molecule has 0 aliphatic carbocycles. The van der Waals surface area contributed by atoms with Crippen LogP contribution >= 0.6 is 11.8 Å². The molecule has 0 aromatic rings. The summed E-state index contributed by atoms with van der Waals surface area (Å²) in [4.78, 5) is 2.74. The van der Waals surface area contributed by atoms with Gasteiger partial charge < -0.3 is 5.32 Å². The van der Waals surface area contributed by atoms with E-state index in [2.05, 4.69) is 44.2 Å². The average Bonchev–Trinajstić information content (AvgIpc) is 2.27. The van der Waals surface area contributed by atoms with Gasteiger partial charge >= 0.3 is 0 Å². The van der Waals surface area contributed by atoms with Gasteiger partial charge in [0.25, 0.3) is 0 Å². The topological polar surface area (TPSA) is 15.3 Å². The lowest BCUT2D eigenvalue weighted by atomic mass is 9.96. The molecule has 1 heterocycles. The maximum atomic E-state index is 3.76. The van der Waals surface area contributed by atoms with Crippen LogP contribution in [0.1, 0.15) is 40.5 Å². The first kappa shape index (κ1) is 16.3. The molecule has 1 aliphatic rings. The van der Waals surface area contributed by atoms with Crippen LogP contribution in [0.15, 0.2) is 0 Å². The maximum Gasteiger partial charge on any atom is 0.0224 e. The van der Waals surface area contributed by atoms with Gasteiger partial charge in [-0.2, -0.15) is 11.8 Å². The van der Waals surface area contributed by atoms with Crippen molar-refractivity contribution >= 4 is 11.8 Å². The van der Waals surface area contributed by atoms with Crippen LogP contribution in [0.3, 0.4) is 0 Å². The van der Waals surface area contributed by atoms with E-state index in [1.807, 2.05) is 11.8 Å². The van der Waals surface area contributed by atoms with Crippen LogP contribution in [0.25, 0.3) is 0 Å². The molecule has 2 atom stereocenters. The van der Waals surface area contributed by atoms with Crippen molar-refractivity contribution in [2.45, 2.75) is 52.6 Å². The molecule has 0 bridgehead atoms. The lowest BCUT2D eigenvalue weighted by Gasteiger charge is -2.41. The number of hydrogen-bond acceptors (Lipinski definition) is 3. The van der Waals surface area contributed by atoms with Gasteiger partial charge in [0.2, 0.25) is 0 Å². The van der Waals surface area contributed by atoms with E-state index < -0.39 is 0 Å². The zero-order chi connectivity index (χ0) is 13.5. The first-order chi connectivity index (χ1) is 8.52. The summed E-state index contributed by atoms with van der Waals surface area (Å²) < 4.78 is 0. The summed E-state index contributed by atoms with van der Waals surface area (Å²) in [5, 5.41) is 3.76. The van der Waals surface area contributed by atoms with E-state index in [-0.39, 0.29) is 0 Å². The number of hydrogen-bond donors (Lipinski definition) is 1. The van der Waals surface area contributed by atoms with Crippen LogP contribution in [0.2, 0.25) is 0 Å². The minimum absolute atomic E-state index is 0.704. The minimum atomic E-state index is 0.704. The third-order valence-electron chi connectivity index (χ3n) is 3.70. The fourth-order valence-corrected chi connectivity index (χ4v) is 3.33. The Hall–Kier alpha value is 0.270. The van der Waals surface area contributed by atoms with Gasteiger partial charge in [-0.3, -0.25) is 4.90 Å². The predicted molar refractivity (Wildman–Crippen MR) is 84.4 cm³/mol. The van der Waals surface area contributed by atoms with Gasteiger partial charge in [0, 0.05) is 37.5 Å². The Morgan fingerprint density at radius 3 is 2.39 bits per heavy atom. The monoisotopic (exact) mass is 272 g/mol. The summed E-state index contributed by atoms with van der Waals surface area (Å²) in [5.41, 5.74) is 0. The van der Waals surface area contributed by atoms with Crippen molar-refractivity contribution in [2.75, 3.05) is 31.6 Å². The summed E-state index contributed by atoms with van der Waals surface area (Å²) in [7, 11) is 0. The standard InChI is InChI=1S/C15H32N2S/c1-12(2)8-14-11-17(6-7-18-5)15(10-16-14)9-13(3)4/h12-16H,6-11H2,1-5H3. The van der Waals surface area contributed by atoms with E-state index in [0.29, 0.717) is 6.04 Å². The Labute approximate surface area is 118 Å². The molecule has 18 heavy (non-hydrogen) atoms. The summed E-state index contributed by atoms with van der Waals surface area (Å²) in [6, 6.07) is 1.45. The third kappa shape index (κ3) is 5.94. The van der Waals surface area contributed by atoms with Crippen LogP contribution in [0.5, 0.6) is 0 Å². The molecule has 108 valence electrons. The van der Waals surface area contributed by atoms with Crippen LogP contribution in [0.4, 0.5) is 0 Å². The van der Waals surface area contributed by atoms with Crippen LogP contribution in [-0.4, -0.2) is 48.6 Å². The minimum Gasteiger partial charge on any atom is -0.311 e. The van der Waals surface area contributed by atoms with E-state index in [1.54, 1.807) is 0 Å². The number of rotatable bonds is 7. The number of nitrogens with one attached hydrogen (secondary N) is 1. The zero-order valence-corrected chi connectivity index (χ0v) is 13.7. The maximum absolute atomic E-state index is 3.76. The van der Waals surface area contributed by atoms with Gasteiger partial charge in [0.1, 0.15) is 0 Å². The summed E-state index contributed by atoms with van der Waals surface area (Å²) >= 11 is 1.97. The summed E-state index contributed by atoms with van der Waals surface area (Å²) in [5.74, 6) is 2.87. The second kappa shape index (κ2) is 8.44. The molecule has 1 rings (SSSR count). The Morgan fingerprint density at radius 2 is 1.83 bits per heavy atom. The Kier molecular flexibility index (Phi) is 7.66. The van der Waals surface area contributed by atoms with Crippen molar-refractivity contribution in [2.24, 2.45) is 11.8 Å². The highest BCUT2D eigenvalue weighted by molar-refractivity contribution is 7.98. The highest BCUT2D eigenvalue weighted by atomic mass is 32.2. The van der Waals surface area contributed by atoms with E-state index in [4.69, 9.17) is 0 Å². The zero-order valence-electron chi connectivity index (χ0n) is 12.9. The second-order valence-electron chi connectivity index (χ2n) is 6.51. The third-order valence-corrected chi connectivity index (χ3v) is 4.29. The molecule has 0 aromatic heterocycles. The Morgan fingerprint density at radius 1 is 1.17 bits per heavy atom. The van der Waals surface area contributed by atoms with Crippen molar-refractivity contribution in [3.05, 3.63) is 0 Å². The van der Waals surface area contributed by atoms with Gasteiger partial charge in [0.15, 0.2) is 0 Å². The van der Waals surface area contributed by atoms with Gasteiger partial charge in [-0.25, -0.2) is 0 Å². The van der Waals surface area contributed by atoms with E-state index in [9.17, 15) is 0 Å². The summed E-state index contributed by atoms with van der Waals surface area (Å²) in [6.45, 7) is 13.0. The fraction of sp³-hybridized carbons (Fsp3) is 1.00. The molecular formula is C15H32N2S. The molecule has 0 radical (unpaired) electrons. The highest BCUT2D eigenvalue weighted by Gasteiger charge is 2.27. The number of thioether (sulfide) groups is 1. The van der Waals surface area contributed by atoms with Gasteiger partial charge in [0.05, 0.1) is 0 Å². The smallest absolute Gasteiger partial charge is 0.0224 e. The van der Waals surface area contributed by atoms with Crippen molar-refractivity contribution in [3.8, 4) is 0 Å². The normalized spacial score (nSPS) is 26.2. The number of nitrogens with zero attached hydrogens (tertiary/aromatic N) is 1. The lowest BCUT2D eigenvalue weighted by Crippen LogP contribution is -2.57. The number of piperazine rings is 1. The van der Waals surface area contributed by atoms with Gasteiger partial charge in [-0.05, 0) is 30.9 Å². The molecule has 3 heteroatoms. The van der Waals surface area contributed by atoms with Gasteiger partial charge in [-0.15, -0.1) is 0 Å². The van der Waals surface area contributed by atoms with E-state index >= 15 is 0 Å². The molecule has 2 nitrogen and oxygen atoms in total. The van der Waals surface area contributed by atoms with Gasteiger partial charge in [-0.1, -0.05) is 27.7 Å². The van der Waals surface area contributed by atoms with Crippen molar-refractivity contribution in [1.82, 2.24) is 10.2 Å². The highest BCUT2D eigenvalue weighted by Crippen LogP contribution is 2.18. The molecule has 0 amide bonds. The lowest BCUT2D eigenvalue weighted by molar-refractivity contribution is 0.114. The second-order valence-corrected chi connectivity index (χ2v) is 7.49. The molecule has 1 fully saturated rings. The molecule has 0 spiro atoms. The molecule has 1 N–H and O–H groups in total. The molecule has 0 saturated carbocycles. The Balaban J connectivity index is 2.49. The first-order valence-corrected chi connectivity index (χ1v) is 8.88. The molecule has 1 saturated heterocycles. The van der Waals surface area contributed by atoms with E-state index in [1.165, 1.54) is 38.2 Å². The SMILES string of the molecule is CSCCN1CC(CC(C)C)NCC1CC(C)C. The molecule has 2 unspecified atom stereocenters. The van der Waals surface area contributed by atoms with E-state index in [0.717, 1.165) is 17.9 Å².